The summed E-state index contributed by atoms with van der Waals surface area (Å²) in [5.74, 6) is 0.492. The van der Waals surface area contributed by atoms with Crippen LogP contribution in [-0.4, -0.2) is 19.5 Å². The predicted octanol–water partition coefficient (Wildman–Crippen LogP) is 13.2. The summed E-state index contributed by atoms with van der Waals surface area (Å²) in [6.45, 7) is 0. The molecule has 59 heavy (non-hydrogen) atoms. The summed E-state index contributed by atoms with van der Waals surface area (Å²) >= 11 is 0. The van der Waals surface area contributed by atoms with Gasteiger partial charge in [-0.2, -0.15) is 31.6 Å². The molecule has 11 heteroatoms. The second-order valence-electron chi connectivity index (χ2n) is 13.8. The summed E-state index contributed by atoms with van der Waals surface area (Å²) in [6.07, 6.45) is -10.2. The zero-order valence-corrected chi connectivity index (χ0v) is 30.6. The molecule has 0 saturated heterocycles. The molecule has 2 heterocycles. The predicted molar refractivity (Wildman–Crippen MR) is 216 cm³/mol. The van der Waals surface area contributed by atoms with Gasteiger partial charge in [-0.15, -0.1) is 0 Å². The normalized spacial score (nSPS) is 11.9. The maximum Gasteiger partial charge on any atom is 0.417 e. The molecule has 9 aromatic rings. The third kappa shape index (κ3) is 6.84. The summed E-state index contributed by atoms with van der Waals surface area (Å²) in [5.41, 5.74) is 1.97. The average Bonchev–Trinajstić information content (AvgIpc) is 3.59. The Labute approximate surface area is 333 Å². The average molecular weight is 788 g/mol. The van der Waals surface area contributed by atoms with Gasteiger partial charge >= 0.3 is 12.4 Å². The number of hydrogen-bond acceptors (Lipinski definition) is 4. The molecule has 0 radical (unpaired) electrons. The van der Waals surface area contributed by atoms with Crippen molar-refractivity contribution in [1.82, 2.24) is 19.5 Å². The van der Waals surface area contributed by atoms with E-state index in [-0.39, 0.29) is 34.7 Å². The number of aromatic nitrogens is 4. The lowest BCUT2D eigenvalue weighted by atomic mass is 9.92. The van der Waals surface area contributed by atoms with E-state index < -0.39 is 29.0 Å². The Kier molecular flexibility index (Phi) is 9.05. The molecule has 0 N–H and O–H groups in total. The van der Waals surface area contributed by atoms with E-state index in [0.717, 1.165) is 39.0 Å². The number of alkyl halides is 6. The van der Waals surface area contributed by atoms with Crippen molar-refractivity contribution < 1.29 is 26.3 Å². The second kappa shape index (κ2) is 14.4. The van der Waals surface area contributed by atoms with Crippen molar-refractivity contribution >= 4 is 21.8 Å². The molecular formula is C48H27F6N5. The fraction of sp³-hybridized carbons (Fsp3) is 0.0417. The van der Waals surface area contributed by atoms with Gasteiger partial charge in [-0.25, -0.2) is 15.0 Å². The number of hydrogen-bond donors (Lipinski definition) is 0. The molecule has 0 saturated carbocycles. The standard InChI is InChI=1S/C48H27F6N5/c49-47(50,51)33-20-23-37(41(26-33)48(52,53)54)36-24-21-34(27-40(36)46-57-44(29-11-3-1-4-12-29)56-45(58-46)30-13-5-2-6-14-30)59-42-18-10-9-17-38(42)39-22-19-31(25-43(39)59)35-16-8-7-15-32(35)28-55/h1-27H. The number of benzene rings is 7. The van der Waals surface area contributed by atoms with Crippen LogP contribution < -0.4 is 0 Å². The van der Waals surface area contributed by atoms with Crippen molar-refractivity contribution in [3.05, 3.63) is 180 Å². The van der Waals surface area contributed by atoms with E-state index in [1.165, 1.54) is 6.07 Å². The molecule has 7 aromatic carbocycles. The van der Waals surface area contributed by atoms with Crippen molar-refractivity contribution in [3.8, 4) is 68.2 Å². The van der Waals surface area contributed by atoms with Gasteiger partial charge in [0, 0.05) is 33.2 Å². The lowest BCUT2D eigenvalue weighted by Gasteiger charge is -2.19. The van der Waals surface area contributed by atoms with Crippen molar-refractivity contribution in [2.75, 3.05) is 0 Å². The van der Waals surface area contributed by atoms with Crippen LogP contribution in [0.4, 0.5) is 26.3 Å². The second-order valence-corrected chi connectivity index (χ2v) is 13.8. The van der Waals surface area contributed by atoms with Gasteiger partial charge in [0.15, 0.2) is 17.5 Å². The molecule has 5 nitrogen and oxygen atoms in total. The SMILES string of the molecule is N#Cc1ccccc1-c1ccc2c3ccccc3n(-c3ccc(-c4ccc(C(F)(F)F)cc4C(F)(F)F)c(-c4nc(-c5ccccc5)nc(-c5ccccc5)n4)c3)c2c1. The van der Waals surface area contributed by atoms with Gasteiger partial charge in [0.1, 0.15) is 0 Å². The molecule has 2 aromatic heterocycles. The first-order valence-corrected chi connectivity index (χ1v) is 18.3. The third-order valence-corrected chi connectivity index (χ3v) is 10.2. The Morgan fingerprint density at radius 2 is 1.03 bits per heavy atom. The Balaban J connectivity index is 1.36. The highest BCUT2D eigenvalue weighted by molar-refractivity contribution is 6.10. The molecule has 0 aliphatic rings. The molecule has 0 spiro atoms. The largest absolute Gasteiger partial charge is 0.417 e. The van der Waals surface area contributed by atoms with Crippen LogP contribution in [0.1, 0.15) is 16.7 Å². The van der Waals surface area contributed by atoms with Crippen LogP contribution in [0.2, 0.25) is 0 Å². The van der Waals surface area contributed by atoms with Crippen molar-refractivity contribution in [3.63, 3.8) is 0 Å². The van der Waals surface area contributed by atoms with Gasteiger partial charge in [-0.3, -0.25) is 0 Å². The van der Waals surface area contributed by atoms with Gasteiger partial charge in [0.2, 0.25) is 0 Å². The summed E-state index contributed by atoms with van der Waals surface area (Å²) in [5, 5.41) is 11.7. The van der Waals surface area contributed by atoms with Gasteiger partial charge in [0.25, 0.3) is 0 Å². The van der Waals surface area contributed by atoms with E-state index in [0.29, 0.717) is 28.4 Å². The lowest BCUT2D eigenvalue weighted by Crippen LogP contribution is -2.12. The van der Waals surface area contributed by atoms with Gasteiger partial charge in [0.05, 0.1) is 33.8 Å². The molecule has 9 rings (SSSR count). The highest BCUT2D eigenvalue weighted by atomic mass is 19.4. The first-order chi connectivity index (χ1) is 28.5. The van der Waals surface area contributed by atoms with E-state index >= 15 is 0 Å². The molecule has 0 aliphatic heterocycles. The number of halogens is 6. The van der Waals surface area contributed by atoms with Crippen LogP contribution in [0.3, 0.4) is 0 Å². The number of nitrogens with zero attached hydrogens (tertiary/aromatic N) is 5. The molecule has 0 fully saturated rings. The first kappa shape index (κ1) is 37.0. The third-order valence-electron chi connectivity index (χ3n) is 10.2. The molecule has 0 atom stereocenters. The van der Waals surface area contributed by atoms with E-state index in [1.807, 2.05) is 71.3 Å². The van der Waals surface area contributed by atoms with E-state index in [1.54, 1.807) is 72.8 Å². The first-order valence-electron chi connectivity index (χ1n) is 18.3. The van der Waals surface area contributed by atoms with Crippen LogP contribution >= 0.6 is 0 Å². The Morgan fingerprint density at radius 1 is 0.441 bits per heavy atom. The monoisotopic (exact) mass is 787 g/mol. The van der Waals surface area contributed by atoms with Gasteiger partial charge < -0.3 is 4.57 Å². The Morgan fingerprint density at radius 3 is 1.69 bits per heavy atom. The topological polar surface area (TPSA) is 67.4 Å². The highest BCUT2D eigenvalue weighted by Gasteiger charge is 2.39. The van der Waals surface area contributed by atoms with Crippen LogP contribution in [0.25, 0.3) is 83.9 Å². The van der Waals surface area contributed by atoms with Crippen LogP contribution in [-0.2, 0) is 12.4 Å². The molecule has 286 valence electrons. The zero-order valence-electron chi connectivity index (χ0n) is 30.6. The fourth-order valence-electron chi connectivity index (χ4n) is 7.46. The van der Waals surface area contributed by atoms with Gasteiger partial charge in [-0.05, 0) is 64.7 Å². The molecule has 0 amide bonds. The van der Waals surface area contributed by atoms with Crippen molar-refractivity contribution in [1.29, 1.82) is 5.26 Å². The fourth-order valence-corrected chi connectivity index (χ4v) is 7.46. The van der Waals surface area contributed by atoms with Gasteiger partial charge in [-0.1, -0.05) is 121 Å². The van der Waals surface area contributed by atoms with Crippen LogP contribution in [0.15, 0.2) is 164 Å². The quantitative estimate of drug-likeness (QED) is 0.157. The van der Waals surface area contributed by atoms with E-state index in [4.69, 9.17) is 15.0 Å². The summed E-state index contributed by atoms with van der Waals surface area (Å²) < 4.78 is 88.2. The molecule has 0 bridgehead atoms. The number of nitriles is 1. The molecular weight excluding hydrogens is 761 g/mol. The maximum absolute atomic E-state index is 14.9. The highest BCUT2D eigenvalue weighted by Crippen LogP contribution is 2.45. The smallest absolute Gasteiger partial charge is 0.309 e. The number of para-hydroxylation sites is 1. The maximum atomic E-state index is 14.9. The number of fused-ring (bicyclic) bond motifs is 3. The summed E-state index contributed by atoms with van der Waals surface area (Å²) in [6, 6.07) is 47.4. The molecule has 0 unspecified atom stereocenters. The lowest BCUT2D eigenvalue weighted by molar-refractivity contribution is -0.142. The van der Waals surface area contributed by atoms with E-state index in [9.17, 15) is 31.6 Å². The molecule has 0 aliphatic carbocycles. The minimum atomic E-state index is -5.15. The van der Waals surface area contributed by atoms with E-state index in [2.05, 4.69) is 6.07 Å². The summed E-state index contributed by atoms with van der Waals surface area (Å²) in [4.78, 5) is 14.4. The van der Waals surface area contributed by atoms with Crippen molar-refractivity contribution in [2.45, 2.75) is 12.4 Å². The Hall–Kier alpha value is -7.58. The Bertz CT molecular complexity index is 3030. The number of rotatable bonds is 6. The minimum Gasteiger partial charge on any atom is -0.309 e. The zero-order chi connectivity index (χ0) is 40.9. The van der Waals surface area contributed by atoms with Crippen molar-refractivity contribution in [2.24, 2.45) is 0 Å². The minimum absolute atomic E-state index is 0.00647. The summed E-state index contributed by atoms with van der Waals surface area (Å²) in [7, 11) is 0. The van der Waals surface area contributed by atoms with Crippen LogP contribution in [0, 0.1) is 11.3 Å². The van der Waals surface area contributed by atoms with Crippen LogP contribution in [0.5, 0.6) is 0 Å².